The molecule has 2 nitrogen and oxygen atoms in total. The van der Waals surface area contributed by atoms with Crippen molar-refractivity contribution in [3.05, 3.63) is 16.1 Å². The molecule has 1 atom stereocenters. The first-order valence-electron chi connectivity index (χ1n) is 3.20. The van der Waals surface area contributed by atoms with Gasteiger partial charge >= 0.3 is 6.18 Å². The number of aromatic nitrogens is 1. The molecule has 12 heavy (non-hydrogen) atoms. The number of halogens is 3. The van der Waals surface area contributed by atoms with Crippen LogP contribution in [0.3, 0.4) is 0 Å². The average molecular weight is 196 g/mol. The van der Waals surface area contributed by atoms with Gasteiger partial charge in [0.2, 0.25) is 0 Å². The number of nitrogens with two attached hydrogens (primary N) is 1. The molecule has 0 fully saturated rings. The van der Waals surface area contributed by atoms with Crippen LogP contribution in [0.2, 0.25) is 0 Å². The summed E-state index contributed by atoms with van der Waals surface area (Å²) in [5.41, 5.74) is 5.37. The predicted molar refractivity (Wildman–Crippen MR) is 39.7 cm³/mol. The molecule has 2 N–H and O–H groups in total. The fourth-order valence-corrected chi connectivity index (χ4v) is 1.36. The van der Waals surface area contributed by atoms with E-state index in [1.54, 1.807) is 6.92 Å². The Morgan fingerprint density at radius 2 is 2.17 bits per heavy atom. The summed E-state index contributed by atoms with van der Waals surface area (Å²) in [5.74, 6) is 0. The van der Waals surface area contributed by atoms with E-state index in [1.165, 1.54) is 0 Å². The first-order chi connectivity index (χ1) is 5.41. The molecule has 0 aliphatic carbocycles. The molecule has 0 spiro atoms. The van der Waals surface area contributed by atoms with Gasteiger partial charge in [-0.05, 0) is 6.92 Å². The Morgan fingerprint density at radius 1 is 1.58 bits per heavy atom. The van der Waals surface area contributed by atoms with Gasteiger partial charge in [0, 0.05) is 17.1 Å². The number of alkyl halides is 3. The standard InChI is InChI=1S/C6H7F3N2S/c1-3(10)4-2-11-5(12-4)6(7,8)9/h2-3H,10H2,1H3. The van der Waals surface area contributed by atoms with Crippen LogP contribution in [0.5, 0.6) is 0 Å². The second-order valence-corrected chi connectivity index (χ2v) is 3.42. The van der Waals surface area contributed by atoms with Gasteiger partial charge in [-0.25, -0.2) is 4.98 Å². The molecule has 0 aromatic carbocycles. The maximum atomic E-state index is 12.0. The minimum absolute atomic E-state index is 0.390. The van der Waals surface area contributed by atoms with Crippen molar-refractivity contribution in [2.24, 2.45) is 5.73 Å². The highest BCUT2D eigenvalue weighted by atomic mass is 32.1. The summed E-state index contributed by atoms with van der Waals surface area (Å²) in [6, 6.07) is -0.390. The zero-order valence-electron chi connectivity index (χ0n) is 6.22. The molecule has 0 saturated carbocycles. The predicted octanol–water partition coefficient (Wildman–Crippen LogP) is 2.18. The molecule has 1 aromatic heterocycles. The van der Waals surface area contributed by atoms with Gasteiger partial charge in [0.1, 0.15) is 0 Å². The fourth-order valence-electron chi connectivity index (χ4n) is 0.628. The van der Waals surface area contributed by atoms with Gasteiger partial charge < -0.3 is 5.73 Å². The third kappa shape index (κ3) is 1.95. The second-order valence-electron chi connectivity index (χ2n) is 2.35. The summed E-state index contributed by atoms with van der Waals surface area (Å²) in [6.45, 7) is 1.62. The quantitative estimate of drug-likeness (QED) is 0.747. The monoisotopic (exact) mass is 196 g/mol. The van der Waals surface area contributed by atoms with Crippen molar-refractivity contribution in [2.75, 3.05) is 0 Å². The van der Waals surface area contributed by atoms with Crippen molar-refractivity contribution in [1.29, 1.82) is 0 Å². The highest BCUT2D eigenvalue weighted by Gasteiger charge is 2.34. The summed E-state index contributed by atoms with van der Waals surface area (Å²) in [7, 11) is 0. The Bertz CT molecular complexity index is 266. The molecule has 0 aliphatic heterocycles. The molecule has 0 radical (unpaired) electrons. The van der Waals surface area contributed by atoms with E-state index in [1.807, 2.05) is 0 Å². The first-order valence-corrected chi connectivity index (χ1v) is 4.01. The van der Waals surface area contributed by atoms with E-state index in [2.05, 4.69) is 4.98 Å². The molecule has 0 bridgehead atoms. The highest BCUT2D eigenvalue weighted by Crippen LogP contribution is 2.33. The van der Waals surface area contributed by atoms with Crippen molar-refractivity contribution in [2.45, 2.75) is 19.1 Å². The van der Waals surface area contributed by atoms with Crippen molar-refractivity contribution < 1.29 is 13.2 Å². The van der Waals surface area contributed by atoms with Crippen LogP contribution in [0.15, 0.2) is 6.20 Å². The SMILES string of the molecule is CC(N)c1cnc(C(F)(F)F)s1. The van der Waals surface area contributed by atoms with Crippen LogP contribution in [-0.2, 0) is 6.18 Å². The smallest absolute Gasteiger partial charge is 0.323 e. The molecule has 1 aromatic rings. The Labute approximate surface area is 71.2 Å². The molecule has 0 saturated heterocycles. The third-order valence-corrected chi connectivity index (χ3v) is 2.46. The number of nitrogens with zero attached hydrogens (tertiary/aromatic N) is 1. The van der Waals surface area contributed by atoms with Crippen LogP contribution < -0.4 is 5.73 Å². The summed E-state index contributed by atoms with van der Waals surface area (Å²) in [4.78, 5) is 3.67. The van der Waals surface area contributed by atoms with Crippen molar-refractivity contribution in [3.63, 3.8) is 0 Å². The van der Waals surface area contributed by atoms with Crippen molar-refractivity contribution in [1.82, 2.24) is 4.98 Å². The van der Waals surface area contributed by atoms with Crippen LogP contribution in [0.25, 0.3) is 0 Å². The second kappa shape index (κ2) is 3.02. The minimum atomic E-state index is -4.35. The largest absolute Gasteiger partial charge is 0.443 e. The lowest BCUT2D eigenvalue weighted by Crippen LogP contribution is -2.03. The van der Waals surface area contributed by atoms with Gasteiger partial charge in [-0.2, -0.15) is 13.2 Å². The number of hydrogen-bond donors (Lipinski definition) is 1. The van der Waals surface area contributed by atoms with E-state index in [0.29, 0.717) is 16.2 Å². The van der Waals surface area contributed by atoms with E-state index < -0.39 is 17.2 Å². The molecule has 68 valence electrons. The molecule has 6 heteroatoms. The normalized spacial score (nSPS) is 14.8. The van der Waals surface area contributed by atoms with Gasteiger partial charge in [0.05, 0.1) is 0 Å². The molecule has 1 heterocycles. The van der Waals surface area contributed by atoms with Gasteiger partial charge in [-0.3, -0.25) is 0 Å². The third-order valence-electron chi connectivity index (χ3n) is 1.21. The number of rotatable bonds is 1. The Balaban J connectivity index is 2.92. The van der Waals surface area contributed by atoms with Crippen molar-refractivity contribution >= 4 is 11.3 Å². The molecule has 0 aliphatic rings. The van der Waals surface area contributed by atoms with Crippen LogP contribution in [0.4, 0.5) is 13.2 Å². The lowest BCUT2D eigenvalue weighted by atomic mass is 10.3. The number of hydrogen-bond acceptors (Lipinski definition) is 3. The maximum Gasteiger partial charge on any atom is 0.443 e. The lowest BCUT2D eigenvalue weighted by Gasteiger charge is -2.00. The van der Waals surface area contributed by atoms with Crippen LogP contribution >= 0.6 is 11.3 Å². The van der Waals surface area contributed by atoms with Gasteiger partial charge in [0.15, 0.2) is 5.01 Å². The van der Waals surface area contributed by atoms with Gasteiger partial charge in [-0.1, -0.05) is 0 Å². The molecule has 1 unspecified atom stereocenters. The molecule has 1 rings (SSSR count). The van der Waals surface area contributed by atoms with E-state index in [4.69, 9.17) is 5.73 Å². The van der Waals surface area contributed by atoms with E-state index in [9.17, 15) is 13.2 Å². The van der Waals surface area contributed by atoms with Crippen LogP contribution in [-0.4, -0.2) is 4.98 Å². The van der Waals surface area contributed by atoms with Crippen molar-refractivity contribution in [3.8, 4) is 0 Å². The molecular formula is C6H7F3N2S. The van der Waals surface area contributed by atoms with Gasteiger partial charge in [0.25, 0.3) is 0 Å². The summed E-state index contributed by atoms with van der Waals surface area (Å²) in [5, 5.41) is -0.838. The highest BCUT2D eigenvalue weighted by molar-refractivity contribution is 7.11. The van der Waals surface area contributed by atoms with E-state index in [0.717, 1.165) is 6.20 Å². The topological polar surface area (TPSA) is 38.9 Å². The zero-order chi connectivity index (χ0) is 9.35. The Kier molecular flexibility index (Phi) is 2.39. The van der Waals surface area contributed by atoms with E-state index in [-0.39, 0.29) is 0 Å². The summed E-state index contributed by atoms with van der Waals surface area (Å²) in [6.07, 6.45) is -3.18. The van der Waals surface area contributed by atoms with E-state index >= 15 is 0 Å². The Hall–Kier alpha value is -0.620. The number of thiazole rings is 1. The van der Waals surface area contributed by atoms with Gasteiger partial charge in [-0.15, -0.1) is 11.3 Å². The average Bonchev–Trinajstić information content (AvgIpc) is 2.30. The maximum absolute atomic E-state index is 12.0. The molecular weight excluding hydrogens is 189 g/mol. The minimum Gasteiger partial charge on any atom is -0.323 e. The molecule has 0 amide bonds. The summed E-state index contributed by atoms with van der Waals surface area (Å²) < 4.78 is 35.9. The Morgan fingerprint density at radius 3 is 2.42 bits per heavy atom. The lowest BCUT2D eigenvalue weighted by molar-refractivity contribution is -0.137. The van der Waals surface area contributed by atoms with Crippen LogP contribution in [0.1, 0.15) is 22.9 Å². The van der Waals surface area contributed by atoms with Crippen LogP contribution in [0, 0.1) is 0 Å². The summed E-state index contributed by atoms with van der Waals surface area (Å²) >= 11 is 0.587. The zero-order valence-corrected chi connectivity index (χ0v) is 7.04. The fraction of sp³-hybridized carbons (Fsp3) is 0.500. The first kappa shape index (κ1) is 9.47.